The molecule has 0 aliphatic carbocycles. The summed E-state index contributed by atoms with van der Waals surface area (Å²) in [6.07, 6.45) is 1.06. The molecule has 2 aromatic heterocycles. The molecule has 21 heavy (non-hydrogen) atoms. The van der Waals surface area contributed by atoms with Crippen molar-refractivity contribution in [1.82, 2.24) is 9.55 Å². The first kappa shape index (κ1) is 13.6. The molecule has 3 aromatic rings. The number of Topliss-reactive ketones (excluding diaryl/α,β-unsaturated/α-hetero) is 1. The molecule has 0 amide bonds. The second-order valence-electron chi connectivity index (χ2n) is 4.98. The lowest BCUT2D eigenvalue weighted by Gasteiger charge is -2.04. The van der Waals surface area contributed by atoms with E-state index in [-0.39, 0.29) is 12.2 Å². The predicted octanol–water partition coefficient (Wildman–Crippen LogP) is 3.64. The Hall–Kier alpha value is -2.36. The molecule has 0 N–H and O–H groups in total. The number of furan rings is 1. The second-order valence-corrected chi connectivity index (χ2v) is 4.98. The Morgan fingerprint density at radius 2 is 2.00 bits per heavy atom. The molecule has 0 saturated carbocycles. The molecular formula is C17H18N2O2. The van der Waals surface area contributed by atoms with Crippen LogP contribution in [0.3, 0.4) is 0 Å². The second kappa shape index (κ2) is 5.56. The lowest BCUT2D eigenvalue weighted by Crippen LogP contribution is -2.09. The van der Waals surface area contributed by atoms with Gasteiger partial charge in [-0.2, -0.15) is 0 Å². The standard InChI is InChI=1S/C17H18N2O2/c1-3-12-9-10-16(21-12)15(20)11-17-18-13-7-5-6-8-14(13)19(17)4-2/h5-10H,3-4,11H2,1-2H3. The van der Waals surface area contributed by atoms with Gasteiger partial charge in [-0.1, -0.05) is 19.1 Å². The summed E-state index contributed by atoms with van der Waals surface area (Å²) in [5, 5.41) is 0. The lowest BCUT2D eigenvalue weighted by atomic mass is 10.2. The summed E-state index contributed by atoms with van der Waals surface area (Å²) in [5.74, 6) is 2.02. The third-order valence-electron chi connectivity index (χ3n) is 3.65. The van der Waals surface area contributed by atoms with Gasteiger partial charge in [-0.05, 0) is 31.2 Å². The van der Waals surface area contributed by atoms with Crippen LogP contribution >= 0.6 is 0 Å². The number of carbonyl (C=O) groups is 1. The van der Waals surface area contributed by atoms with Gasteiger partial charge in [0.25, 0.3) is 0 Å². The highest BCUT2D eigenvalue weighted by atomic mass is 16.3. The SMILES string of the molecule is CCc1ccc(C(=O)Cc2nc3ccccc3n2CC)o1. The molecule has 0 radical (unpaired) electrons. The number of benzene rings is 1. The third-order valence-corrected chi connectivity index (χ3v) is 3.65. The molecule has 108 valence electrons. The Balaban J connectivity index is 1.92. The van der Waals surface area contributed by atoms with Crippen molar-refractivity contribution in [3.05, 3.63) is 53.7 Å². The molecule has 0 spiro atoms. The van der Waals surface area contributed by atoms with Crippen LogP contribution in [0.5, 0.6) is 0 Å². The van der Waals surface area contributed by atoms with Crippen molar-refractivity contribution in [3.8, 4) is 0 Å². The number of ketones is 1. The zero-order chi connectivity index (χ0) is 14.8. The summed E-state index contributed by atoms with van der Waals surface area (Å²) in [6.45, 7) is 4.86. The summed E-state index contributed by atoms with van der Waals surface area (Å²) >= 11 is 0. The van der Waals surface area contributed by atoms with E-state index in [0.717, 1.165) is 35.6 Å². The van der Waals surface area contributed by atoms with Gasteiger partial charge in [-0.15, -0.1) is 0 Å². The van der Waals surface area contributed by atoms with Gasteiger partial charge in [0.1, 0.15) is 11.6 Å². The van der Waals surface area contributed by atoms with Crippen molar-refractivity contribution < 1.29 is 9.21 Å². The average molecular weight is 282 g/mol. The number of para-hydroxylation sites is 2. The molecule has 2 heterocycles. The van der Waals surface area contributed by atoms with Crippen LogP contribution in [0.4, 0.5) is 0 Å². The van der Waals surface area contributed by atoms with Crippen molar-refractivity contribution in [1.29, 1.82) is 0 Å². The van der Waals surface area contributed by atoms with Crippen molar-refractivity contribution in [3.63, 3.8) is 0 Å². The maximum atomic E-state index is 12.3. The summed E-state index contributed by atoms with van der Waals surface area (Å²) in [7, 11) is 0. The Bertz CT molecular complexity index is 783. The van der Waals surface area contributed by atoms with Gasteiger partial charge < -0.3 is 8.98 Å². The summed E-state index contributed by atoms with van der Waals surface area (Å²) in [5.41, 5.74) is 1.99. The highest BCUT2D eigenvalue weighted by Gasteiger charge is 2.16. The van der Waals surface area contributed by atoms with Crippen molar-refractivity contribution in [2.24, 2.45) is 0 Å². The molecule has 4 nitrogen and oxygen atoms in total. The van der Waals surface area contributed by atoms with Crippen LogP contribution in [0.15, 0.2) is 40.8 Å². The van der Waals surface area contributed by atoms with Crippen LogP contribution in [0.2, 0.25) is 0 Å². The number of aryl methyl sites for hydroxylation is 2. The monoisotopic (exact) mass is 282 g/mol. The average Bonchev–Trinajstić information content (AvgIpc) is 3.11. The molecule has 0 aliphatic heterocycles. The van der Waals surface area contributed by atoms with E-state index in [1.807, 2.05) is 37.3 Å². The molecule has 0 aliphatic rings. The topological polar surface area (TPSA) is 48.0 Å². The van der Waals surface area contributed by atoms with E-state index in [2.05, 4.69) is 16.5 Å². The quantitative estimate of drug-likeness (QED) is 0.671. The Kier molecular flexibility index (Phi) is 3.60. The van der Waals surface area contributed by atoms with Crippen LogP contribution in [0.1, 0.15) is 36.0 Å². The van der Waals surface area contributed by atoms with E-state index < -0.39 is 0 Å². The van der Waals surface area contributed by atoms with Crippen LogP contribution in [0.25, 0.3) is 11.0 Å². The zero-order valence-electron chi connectivity index (χ0n) is 12.3. The van der Waals surface area contributed by atoms with E-state index in [0.29, 0.717) is 5.76 Å². The van der Waals surface area contributed by atoms with E-state index in [1.165, 1.54) is 0 Å². The fourth-order valence-corrected chi connectivity index (χ4v) is 2.56. The van der Waals surface area contributed by atoms with Crippen molar-refractivity contribution in [2.75, 3.05) is 0 Å². The maximum absolute atomic E-state index is 12.3. The van der Waals surface area contributed by atoms with Crippen molar-refractivity contribution >= 4 is 16.8 Å². The molecule has 1 aromatic carbocycles. The fraction of sp³-hybridized carbons (Fsp3) is 0.294. The number of hydrogen-bond acceptors (Lipinski definition) is 3. The van der Waals surface area contributed by atoms with Gasteiger partial charge in [0.15, 0.2) is 5.76 Å². The van der Waals surface area contributed by atoms with Gasteiger partial charge in [-0.3, -0.25) is 4.79 Å². The number of carbonyl (C=O) groups excluding carboxylic acids is 1. The van der Waals surface area contributed by atoms with Gasteiger partial charge in [0.2, 0.25) is 5.78 Å². The normalized spacial score (nSPS) is 11.1. The maximum Gasteiger partial charge on any atom is 0.205 e. The smallest absolute Gasteiger partial charge is 0.205 e. The minimum Gasteiger partial charge on any atom is -0.458 e. The predicted molar refractivity (Wildman–Crippen MR) is 81.5 cm³/mol. The number of aromatic nitrogens is 2. The van der Waals surface area contributed by atoms with Gasteiger partial charge in [0, 0.05) is 13.0 Å². The van der Waals surface area contributed by atoms with Crippen LogP contribution in [-0.2, 0) is 19.4 Å². The van der Waals surface area contributed by atoms with Crippen LogP contribution in [-0.4, -0.2) is 15.3 Å². The van der Waals surface area contributed by atoms with Gasteiger partial charge in [0.05, 0.1) is 17.5 Å². The molecule has 0 bridgehead atoms. The van der Waals surface area contributed by atoms with Gasteiger partial charge in [-0.25, -0.2) is 4.98 Å². The first-order valence-corrected chi connectivity index (χ1v) is 7.29. The molecule has 4 heteroatoms. The number of nitrogens with zero attached hydrogens (tertiary/aromatic N) is 2. The van der Waals surface area contributed by atoms with Crippen LogP contribution < -0.4 is 0 Å². The molecule has 0 saturated heterocycles. The fourth-order valence-electron chi connectivity index (χ4n) is 2.56. The lowest BCUT2D eigenvalue weighted by molar-refractivity contribution is 0.0961. The number of fused-ring (bicyclic) bond motifs is 1. The highest BCUT2D eigenvalue weighted by Crippen LogP contribution is 2.18. The van der Waals surface area contributed by atoms with E-state index >= 15 is 0 Å². The first-order valence-electron chi connectivity index (χ1n) is 7.29. The van der Waals surface area contributed by atoms with Crippen LogP contribution in [0, 0.1) is 0 Å². The Labute approximate surface area is 123 Å². The summed E-state index contributed by atoms with van der Waals surface area (Å²) < 4.78 is 7.61. The summed E-state index contributed by atoms with van der Waals surface area (Å²) in [6, 6.07) is 11.6. The number of rotatable bonds is 5. The van der Waals surface area contributed by atoms with Gasteiger partial charge >= 0.3 is 0 Å². The number of imidazole rings is 1. The Morgan fingerprint density at radius 3 is 2.71 bits per heavy atom. The summed E-state index contributed by atoms with van der Waals surface area (Å²) in [4.78, 5) is 16.9. The molecule has 0 atom stereocenters. The molecule has 0 unspecified atom stereocenters. The van der Waals surface area contributed by atoms with Crippen molar-refractivity contribution in [2.45, 2.75) is 33.2 Å². The molecule has 3 rings (SSSR count). The van der Waals surface area contributed by atoms with E-state index in [1.54, 1.807) is 6.07 Å². The zero-order valence-corrected chi connectivity index (χ0v) is 12.3. The Morgan fingerprint density at radius 1 is 1.19 bits per heavy atom. The largest absolute Gasteiger partial charge is 0.458 e. The van der Waals surface area contributed by atoms with E-state index in [9.17, 15) is 4.79 Å². The highest BCUT2D eigenvalue weighted by molar-refractivity contribution is 5.95. The minimum atomic E-state index is -0.0280. The van der Waals surface area contributed by atoms with E-state index in [4.69, 9.17) is 4.42 Å². The molecule has 0 fully saturated rings. The minimum absolute atomic E-state index is 0.0280. The first-order chi connectivity index (χ1) is 10.2. The third kappa shape index (κ3) is 2.49. The molecular weight excluding hydrogens is 264 g/mol. The number of hydrogen-bond donors (Lipinski definition) is 0.